The predicted octanol–water partition coefficient (Wildman–Crippen LogP) is 1.54. The van der Waals surface area contributed by atoms with Gasteiger partial charge in [0.25, 0.3) is 0 Å². The van der Waals surface area contributed by atoms with Gasteiger partial charge in [0, 0.05) is 56.7 Å². The Morgan fingerprint density at radius 2 is 2.23 bits per heavy atom. The van der Waals surface area contributed by atoms with Crippen LogP contribution in [0.25, 0.3) is 10.7 Å². The lowest BCUT2D eigenvalue weighted by atomic mass is 10.2. The van der Waals surface area contributed by atoms with Gasteiger partial charge in [-0.2, -0.15) is 16.7 Å². The number of amides is 1. The summed E-state index contributed by atoms with van der Waals surface area (Å²) in [6.45, 7) is 4.87. The molecular weight excluding hydrogens is 370 g/mol. The Labute approximate surface area is 161 Å². The maximum atomic E-state index is 12.5. The van der Waals surface area contributed by atoms with Gasteiger partial charge < -0.3 is 14.7 Å². The number of carbonyl (C=O) groups excluding carboxylic acids is 1. The van der Waals surface area contributed by atoms with E-state index in [0.717, 1.165) is 49.1 Å². The summed E-state index contributed by atoms with van der Waals surface area (Å²) in [5.74, 6) is 3.74. The van der Waals surface area contributed by atoms with E-state index in [4.69, 9.17) is 4.52 Å². The van der Waals surface area contributed by atoms with Crippen molar-refractivity contribution in [1.29, 1.82) is 0 Å². The molecule has 1 unspecified atom stereocenters. The summed E-state index contributed by atoms with van der Waals surface area (Å²) >= 11 is 3.53. The lowest BCUT2D eigenvalue weighted by Crippen LogP contribution is -2.50. The highest BCUT2D eigenvalue weighted by atomic mass is 32.2. The van der Waals surface area contributed by atoms with Crippen molar-refractivity contribution in [3.63, 3.8) is 0 Å². The zero-order valence-corrected chi connectivity index (χ0v) is 16.2. The first-order valence-corrected chi connectivity index (χ1v) is 11.0. The largest absolute Gasteiger partial charge is 0.340 e. The minimum atomic E-state index is 0.266. The first-order valence-electron chi connectivity index (χ1n) is 8.95. The molecule has 7 nitrogen and oxygen atoms in total. The molecule has 4 rings (SSSR count). The van der Waals surface area contributed by atoms with Gasteiger partial charge in [-0.05, 0) is 11.4 Å². The number of piperazine rings is 1. The molecule has 9 heteroatoms. The highest BCUT2D eigenvalue weighted by Crippen LogP contribution is 2.21. The molecule has 1 amide bonds. The number of nitrogens with one attached hydrogen (secondary N) is 1. The zero-order valence-electron chi connectivity index (χ0n) is 14.6. The Bertz CT molecular complexity index is 707. The number of rotatable bonds is 5. The number of carbonyl (C=O) groups is 1. The average Bonchev–Trinajstić information content (AvgIpc) is 3.35. The fourth-order valence-electron chi connectivity index (χ4n) is 3.26. The quantitative estimate of drug-likeness (QED) is 0.826. The summed E-state index contributed by atoms with van der Waals surface area (Å²) in [5.41, 5.74) is 0. The molecule has 140 valence electrons. The van der Waals surface area contributed by atoms with E-state index in [9.17, 15) is 4.79 Å². The van der Waals surface area contributed by atoms with Gasteiger partial charge in [-0.25, -0.2) is 0 Å². The molecule has 2 aliphatic heterocycles. The average molecular weight is 394 g/mol. The van der Waals surface area contributed by atoms with Crippen LogP contribution in [0.15, 0.2) is 22.0 Å². The van der Waals surface area contributed by atoms with E-state index >= 15 is 0 Å². The minimum Gasteiger partial charge on any atom is -0.340 e. The predicted molar refractivity (Wildman–Crippen MR) is 103 cm³/mol. The molecule has 2 saturated heterocycles. The fourth-order valence-corrected chi connectivity index (χ4v) is 4.86. The monoisotopic (exact) mass is 393 g/mol. The lowest BCUT2D eigenvalue weighted by molar-refractivity contribution is -0.133. The Hall–Kier alpha value is -1.42. The normalized spacial score (nSPS) is 21.8. The Morgan fingerprint density at radius 3 is 2.96 bits per heavy atom. The van der Waals surface area contributed by atoms with E-state index in [1.165, 1.54) is 0 Å². The van der Waals surface area contributed by atoms with Crippen molar-refractivity contribution in [3.8, 4) is 10.7 Å². The molecule has 26 heavy (non-hydrogen) atoms. The maximum absolute atomic E-state index is 12.5. The molecule has 0 radical (unpaired) electrons. The smallest absolute Gasteiger partial charge is 0.241 e. The lowest BCUT2D eigenvalue weighted by Gasteiger charge is -2.35. The third-order valence-electron chi connectivity index (χ3n) is 4.71. The van der Waals surface area contributed by atoms with E-state index in [-0.39, 0.29) is 5.91 Å². The van der Waals surface area contributed by atoms with E-state index in [1.807, 2.05) is 34.2 Å². The number of aromatic nitrogens is 2. The van der Waals surface area contributed by atoms with Crippen molar-refractivity contribution in [2.45, 2.75) is 19.0 Å². The molecule has 0 spiro atoms. The van der Waals surface area contributed by atoms with Gasteiger partial charge in [0.05, 0.1) is 11.4 Å². The van der Waals surface area contributed by atoms with Crippen molar-refractivity contribution in [2.24, 2.45) is 0 Å². The third kappa shape index (κ3) is 4.46. The van der Waals surface area contributed by atoms with E-state index in [1.54, 1.807) is 11.3 Å². The second kappa shape index (κ2) is 8.51. The van der Waals surface area contributed by atoms with Gasteiger partial charge in [0.1, 0.15) is 0 Å². The van der Waals surface area contributed by atoms with Crippen molar-refractivity contribution in [3.05, 3.63) is 23.4 Å². The van der Waals surface area contributed by atoms with Gasteiger partial charge in [0.2, 0.25) is 17.6 Å². The number of thioether (sulfide) groups is 1. The van der Waals surface area contributed by atoms with Crippen LogP contribution in [0.2, 0.25) is 0 Å². The minimum absolute atomic E-state index is 0.266. The summed E-state index contributed by atoms with van der Waals surface area (Å²) in [6, 6.07) is 4.30. The molecular formula is C17H23N5O2S2. The fraction of sp³-hybridized carbons (Fsp3) is 0.588. The number of thiophene rings is 1. The summed E-state index contributed by atoms with van der Waals surface area (Å²) in [5, 5.41) is 9.50. The van der Waals surface area contributed by atoms with Gasteiger partial charge in [-0.1, -0.05) is 11.2 Å². The summed E-state index contributed by atoms with van der Waals surface area (Å²) in [7, 11) is 0. The molecule has 1 atom stereocenters. The zero-order chi connectivity index (χ0) is 17.8. The first-order chi connectivity index (χ1) is 12.8. The third-order valence-corrected chi connectivity index (χ3v) is 6.71. The molecule has 0 bridgehead atoms. The van der Waals surface area contributed by atoms with Crippen LogP contribution in [-0.2, 0) is 11.3 Å². The van der Waals surface area contributed by atoms with E-state index in [2.05, 4.69) is 20.4 Å². The molecule has 2 aliphatic rings. The molecule has 2 aromatic heterocycles. The number of hydrogen-bond acceptors (Lipinski definition) is 8. The van der Waals surface area contributed by atoms with Gasteiger partial charge in [-0.3, -0.25) is 9.69 Å². The van der Waals surface area contributed by atoms with Crippen LogP contribution >= 0.6 is 23.1 Å². The van der Waals surface area contributed by atoms with Gasteiger partial charge in [0.15, 0.2) is 0 Å². The van der Waals surface area contributed by atoms with Crippen LogP contribution in [0.3, 0.4) is 0 Å². The van der Waals surface area contributed by atoms with Gasteiger partial charge >= 0.3 is 0 Å². The Kier molecular flexibility index (Phi) is 5.88. The van der Waals surface area contributed by atoms with Crippen molar-refractivity contribution >= 4 is 29.0 Å². The van der Waals surface area contributed by atoms with E-state index < -0.39 is 0 Å². The molecule has 0 aromatic carbocycles. The van der Waals surface area contributed by atoms with Crippen LogP contribution in [-0.4, -0.2) is 76.1 Å². The molecule has 0 saturated carbocycles. The topological polar surface area (TPSA) is 74.5 Å². The first kappa shape index (κ1) is 18.0. The molecule has 2 aromatic rings. The van der Waals surface area contributed by atoms with Crippen LogP contribution < -0.4 is 5.32 Å². The SMILES string of the molecule is O=C(CC1CSCCN1)N1CCN(Cc2nc(-c3cccs3)no2)CC1. The second-order valence-corrected chi connectivity index (χ2v) is 8.67. The standard InChI is InChI=1S/C17H23N5O2S2/c23-16(10-13-12-25-9-3-18-13)22-6-4-21(5-7-22)11-15-19-17(20-24-15)14-2-1-8-26-14/h1-2,8,13,18H,3-7,9-12H2. The van der Waals surface area contributed by atoms with Crippen LogP contribution in [0, 0.1) is 0 Å². The molecule has 1 N–H and O–H groups in total. The summed E-state index contributed by atoms with van der Waals surface area (Å²) in [6.07, 6.45) is 0.612. The number of hydrogen-bond donors (Lipinski definition) is 1. The molecule has 0 aliphatic carbocycles. The summed E-state index contributed by atoms with van der Waals surface area (Å²) < 4.78 is 5.38. The number of nitrogens with zero attached hydrogens (tertiary/aromatic N) is 4. The highest BCUT2D eigenvalue weighted by molar-refractivity contribution is 7.99. The van der Waals surface area contributed by atoms with Crippen molar-refractivity contribution in [2.75, 3.05) is 44.2 Å². The highest BCUT2D eigenvalue weighted by Gasteiger charge is 2.25. The molecule has 2 fully saturated rings. The second-order valence-electron chi connectivity index (χ2n) is 6.58. The van der Waals surface area contributed by atoms with Crippen LogP contribution in [0.5, 0.6) is 0 Å². The van der Waals surface area contributed by atoms with Gasteiger partial charge in [-0.15, -0.1) is 11.3 Å². The maximum Gasteiger partial charge on any atom is 0.241 e. The Morgan fingerprint density at radius 1 is 1.35 bits per heavy atom. The van der Waals surface area contributed by atoms with Crippen molar-refractivity contribution in [1.82, 2.24) is 25.3 Å². The van der Waals surface area contributed by atoms with Crippen LogP contribution in [0.4, 0.5) is 0 Å². The van der Waals surface area contributed by atoms with Crippen LogP contribution in [0.1, 0.15) is 12.3 Å². The van der Waals surface area contributed by atoms with Crippen molar-refractivity contribution < 1.29 is 9.32 Å². The Balaban J connectivity index is 1.24. The molecule has 4 heterocycles. The van der Waals surface area contributed by atoms with E-state index in [0.29, 0.717) is 30.7 Å². The summed E-state index contributed by atoms with van der Waals surface area (Å²) in [4.78, 5) is 22.2.